The molecular formula is C12H22N2O3. The number of hydrogen-bond donors (Lipinski definition) is 1. The third-order valence-electron chi connectivity index (χ3n) is 2.80. The molecule has 1 N–H and O–H groups in total. The van der Waals surface area contributed by atoms with E-state index in [0.717, 1.165) is 13.0 Å². The van der Waals surface area contributed by atoms with E-state index in [2.05, 4.69) is 19.2 Å². The molecule has 0 aromatic heterocycles. The van der Waals surface area contributed by atoms with Crippen LogP contribution in [0.4, 0.5) is 4.79 Å². The van der Waals surface area contributed by atoms with Crippen LogP contribution in [-0.2, 0) is 9.53 Å². The van der Waals surface area contributed by atoms with E-state index < -0.39 is 0 Å². The van der Waals surface area contributed by atoms with E-state index in [4.69, 9.17) is 4.74 Å². The minimum atomic E-state index is -0.305. The Morgan fingerprint density at radius 3 is 2.76 bits per heavy atom. The molecule has 3 amide bonds. The van der Waals surface area contributed by atoms with Gasteiger partial charge in [0.15, 0.2) is 0 Å². The van der Waals surface area contributed by atoms with Crippen molar-refractivity contribution in [3.8, 4) is 0 Å². The van der Waals surface area contributed by atoms with Gasteiger partial charge in [-0.25, -0.2) is 4.79 Å². The highest BCUT2D eigenvalue weighted by atomic mass is 16.5. The number of amides is 3. The summed E-state index contributed by atoms with van der Waals surface area (Å²) in [6.07, 6.45) is 1.03. The van der Waals surface area contributed by atoms with Gasteiger partial charge in [0.25, 0.3) is 0 Å². The zero-order valence-electron chi connectivity index (χ0n) is 10.9. The smallest absolute Gasteiger partial charge is 0.324 e. The van der Waals surface area contributed by atoms with E-state index in [9.17, 15) is 9.59 Å². The number of carbonyl (C=O) groups excluding carboxylic acids is 2. The van der Waals surface area contributed by atoms with Gasteiger partial charge in [-0.05, 0) is 12.3 Å². The number of hydrogen-bond acceptors (Lipinski definition) is 3. The molecule has 5 nitrogen and oxygen atoms in total. The van der Waals surface area contributed by atoms with E-state index in [1.165, 1.54) is 0 Å². The zero-order valence-corrected chi connectivity index (χ0v) is 10.9. The second-order valence-corrected chi connectivity index (χ2v) is 4.94. The topological polar surface area (TPSA) is 58.6 Å². The lowest BCUT2D eigenvalue weighted by Gasteiger charge is -2.30. The molecule has 0 aliphatic carbocycles. The van der Waals surface area contributed by atoms with Gasteiger partial charge in [0.05, 0.1) is 12.5 Å². The van der Waals surface area contributed by atoms with E-state index in [-0.39, 0.29) is 17.9 Å². The molecule has 1 unspecified atom stereocenters. The molecule has 0 aromatic carbocycles. The van der Waals surface area contributed by atoms with Gasteiger partial charge in [0, 0.05) is 19.7 Å². The Morgan fingerprint density at radius 2 is 2.12 bits per heavy atom. The van der Waals surface area contributed by atoms with Crippen LogP contribution in [0.1, 0.15) is 27.2 Å². The predicted octanol–water partition coefficient (Wildman–Crippen LogP) is 1.24. The fourth-order valence-corrected chi connectivity index (χ4v) is 1.59. The van der Waals surface area contributed by atoms with Crippen LogP contribution in [0.5, 0.6) is 0 Å². The molecule has 0 radical (unpaired) electrons. The molecule has 0 spiro atoms. The average Bonchev–Trinajstić information content (AvgIpc) is 2.24. The number of carbonyl (C=O) groups is 2. The van der Waals surface area contributed by atoms with Crippen LogP contribution in [-0.4, -0.2) is 43.1 Å². The Balaban J connectivity index is 2.18. The first kappa shape index (κ1) is 14.0. The first-order valence-electron chi connectivity index (χ1n) is 6.18. The number of urea groups is 1. The number of nitrogens with one attached hydrogen (secondary N) is 1. The van der Waals surface area contributed by atoms with Crippen LogP contribution < -0.4 is 5.32 Å². The summed E-state index contributed by atoms with van der Waals surface area (Å²) < 4.78 is 5.45. The molecule has 0 bridgehead atoms. The van der Waals surface area contributed by atoms with Crippen LogP contribution in [0, 0.1) is 11.8 Å². The number of ether oxygens (including phenoxy) is 1. The molecular weight excluding hydrogens is 220 g/mol. The largest absolute Gasteiger partial charge is 0.380 e. The number of imide groups is 1. The Kier molecular flexibility index (Phi) is 5.41. The maximum absolute atomic E-state index is 11.5. The molecule has 1 heterocycles. The van der Waals surface area contributed by atoms with Crippen molar-refractivity contribution < 1.29 is 14.3 Å². The van der Waals surface area contributed by atoms with Crippen molar-refractivity contribution in [3.05, 3.63) is 0 Å². The maximum atomic E-state index is 11.5. The second-order valence-electron chi connectivity index (χ2n) is 4.94. The van der Waals surface area contributed by atoms with Crippen molar-refractivity contribution in [1.82, 2.24) is 10.2 Å². The van der Waals surface area contributed by atoms with E-state index in [1.807, 2.05) is 6.92 Å². The lowest BCUT2D eigenvalue weighted by Crippen LogP contribution is -2.54. The van der Waals surface area contributed by atoms with E-state index in [0.29, 0.717) is 25.6 Å². The summed E-state index contributed by atoms with van der Waals surface area (Å²) in [5.74, 6) is 0.307. The highest BCUT2D eigenvalue weighted by Gasteiger charge is 2.28. The minimum Gasteiger partial charge on any atom is -0.380 e. The lowest BCUT2D eigenvalue weighted by atomic mass is 10.1. The van der Waals surface area contributed by atoms with Gasteiger partial charge in [-0.15, -0.1) is 0 Å². The van der Waals surface area contributed by atoms with Crippen molar-refractivity contribution in [2.24, 2.45) is 11.8 Å². The van der Waals surface area contributed by atoms with Gasteiger partial charge in [0.2, 0.25) is 5.91 Å². The summed E-state index contributed by atoms with van der Waals surface area (Å²) in [7, 11) is 0. The van der Waals surface area contributed by atoms with Gasteiger partial charge in [-0.3, -0.25) is 10.1 Å². The predicted molar refractivity (Wildman–Crippen MR) is 64.5 cm³/mol. The van der Waals surface area contributed by atoms with Crippen LogP contribution in [0.3, 0.4) is 0 Å². The molecule has 1 rings (SSSR count). The summed E-state index contributed by atoms with van der Waals surface area (Å²) >= 11 is 0. The lowest BCUT2D eigenvalue weighted by molar-refractivity contribution is -0.125. The van der Waals surface area contributed by atoms with Gasteiger partial charge >= 0.3 is 6.03 Å². The number of nitrogens with zero attached hydrogens (tertiary/aromatic N) is 1. The quantitative estimate of drug-likeness (QED) is 0.713. The summed E-state index contributed by atoms with van der Waals surface area (Å²) in [6.45, 7) is 8.39. The first-order valence-corrected chi connectivity index (χ1v) is 6.18. The van der Waals surface area contributed by atoms with Crippen LogP contribution in [0.15, 0.2) is 0 Å². The third kappa shape index (κ3) is 4.73. The Labute approximate surface area is 102 Å². The minimum absolute atomic E-state index is 0.136. The SMILES string of the molecule is CC(C)CCOCCN1CC(C)C(=O)NC1=O. The standard InChI is InChI=1S/C12H22N2O3/c1-9(2)4-6-17-7-5-14-8-10(3)11(15)13-12(14)16/h9-10H,4-8H2,1-3H3,(H,13,15,16). The van der Waals surface area contributed by atoms with Crippen molar-refractivity contribution in [2.75, 3.05) is 26.3 Å². The summed E-state index contributed by atoms with van der Waals surface area (Å²) in [6, 6.07) is -0.305. The van der Waals surface area contributed by atoms with Gasteiger partial charge < -0.3 is 9.64 Å². The maximum Gasteiger partial charge on any atom is 0.324 e. The fourth-order valence-electron chi connectivity index (χ4n) is 1.59. The summed E-state index contributed by atoms with van der Waals surface area (Å²) in [5, 5.41) is 2.33. The summed E-state index contributed by atoms with van der Waals surface area (Å²) in [4.78, 5) is 24.3. The van der Waals surface area contributed by atoms with E-state index in [1.54, 1.807) is 4.90 Å². The van der Waals surface area contributed by atoms with Crippen molar-refractivity contribution >= 4 is 11.9 Å². The second kappa shape index (κ2) is 6.59. The zero-order chi connectivity index (χ0) is 12.8. The van der Waals surface area contributed by atoms with Crippen molar-refractivity contribution in [1.29, 1.82) is 0 Å². The average molecular weight is 242 g/mol. The molecule has 5 heteroatoms. The third-order valence-corrected chi connectivity index (χ3v) is 2.80. The highest BCUT2D eigenvalue weighted by Crippen LogP contribution is 2.07. The van der Waals surface area contributed by atoms with Crippen LogP contribution in [0.25, 0.3) is 0 Å². The molecule has 98 valence electrons. The number of rotatable bonds is 6. The molecule has 1 aliphatic rings. The molecule has 1 atom stereocenters. The molecule has 1 fully saturated rings. The van der Waals surface area contributed by atoms with Crippen molar-refractivity contribution in [2.45, 2.75) is 27.2 Å². The summed E-state index contributed by atoms with van der Waals surface area (Å²) in [5.41, 5.74) is 0. The van der Waals surface area contributed by atoms with Gasteiger partial charge in [-0.1, -0.05) is 20.8 Å². The Hall–Kier alpha value is -1.10. The van der Waals surface area contributed by atoms with E-state index >= 15 is 0 Å². The fraction of sp³-hybridized carbons (Fsp3) is 0.833. The van der Waals surface area contributed by atoms with Gasteiger partial charge in [0.1, 0.15) is 0 Å². The molecule has 17 heavy (non-hydrogen) atoms. The first-order chi connectivity index (χ1) is 8.00. The molecule has 0 aromatic rings. The van der Waals surface area contributed by atoms with Crippen molar-refractivity contribution in [3.63, 3.8) is 0 Å². The van der Waals surface area contributed by atoms with Gasteiger partial charge in [-0.2, -0.15) is 0 Å². The van der Waals surface area contributed by atoms with Crippen LogP contribution >= 0.6 is 0 Å². The monoisotopic (exact) mass is 242 g/mol. The Morgan fingerprint density at radius 1 is 1.41 bits per heavy atom. The highest BCUT2D eigenvalue weighted by molar-refractivity contribution is 5.97. The Bertz CT molecular complexity index is 279. The van der Waals surface area contributed by atoms with Crippen LogP contribution in [0.2, 0.25) is 0 Å². The molecule has 1 saturated heterocycles. The molecule has 1 aliphatic heterocycles. The normalized spacial score (nSPS) is 20.9. The molecule has 0 saturated carbocycles.